The maximum absolute atomic E-state index is 12.5. The summed E-state index contributed by atoms with van der Waals surface area (Å²) in [5.41, 5.74) is 0.689. The Labute approximate surface area is 94.5 Å². The number of hydrogen-bond donors (Lipinski definition) is 0. The second-order valence-corrected chi connectivity index (χ2v) is 3.72. The van der Waals surface area contributed by atoms with Crippen LogP contribution in [-0.2, 0) is 12.8 Å². The van der Waals surface area contributed by atoms with Crippen LogP contribution in [0.5, 0.6) is 5.75 Å². The SMILES string of the molecule is FC(F)(F)c1ccc2c(c1)OCc1cncn1-2. The minimum atomic E-state index is -4.35. The van der Waals surface area contributed by atoms with Crippen molar-refractivity contribution in [3.05, 3.63) is 42.0 Å². The van der Waals surface area contributed by atoms with Crippen molar-refractivity contribution < 1.29 is 17.9 Å². The third-order valence-electron chi connectivity index (χ3n) is 2.64. The Morgan fingerprint density at radius 3 is 2.88 bits per heavy atom. The van der Waals surface area contributed by atoms with E-state index in [1.807, 2.05) is 0 Å². The topological polar surface area (TPSA) is 27.1 Å². The minimum Gasteiger partial charge on any atom is -0.485 e. The summed E-state index contributed by atoms with van der Waals surface area (Å²) >= 11 is 0. The van der Waals surface area contributed by atoms with Crippen LogP contribution < -0.4 is 4.74 Å². The van der Waals surface area contributed by atoms with Gasteiger partial charge in [-0.25, -0.2) is 4.98 Å². The fraction of sp³-hybridized carbons (Fsp3) is 0.182. The van der Waals surface area contributed by atoms with Crippen molar-refractivity contribution >= 4 is 0 Å². The highest BCUT2D eigenvalue weighted by Crippen LogP contribution is 2.36. The van der Waals surface area contributed by atoms with Crippen molar-refractivity contribution in [3.8, 4) is 11.4 Å². The summed E-state index contributed by atoms with van der Waals surface area (Å²) in [5, 5.41) is 0. The molecule has 0 N–H and O–H groups in total. The Morgan fingerprint density at radius 1 is 1.29 bits per heavy atom. The Hall–Kier alpha value is -1.98. The molecule has 0 unspecified atom stereocenters. The monoisotopic (exact) mass is 240 g/mol. The molecule has 2 aromatic rings. The number of rotatable bonds is 0. The zero-order valence-corrected chi connectivity index (χ0v) is 8.53. The smallest absolute Gasteiger partial charge is 0.416 e. The van der Waals surface area contributed by atoms with Crippen molar-refractivity contribution in [1.82, 2.24) is 9.55 Å². The van der Waals surface area contributed by atoms with Gasteiger partial charge in [-0.05, 0) is 18.2 Å². The molecule has 0 spiro atoms. The molecular weight excluding hydrogens is 233 g/mol. The number of aromatic nitrogens is 2. The van der Waals surface area contributed by atoms with Crippen LogP contribution >= 0.6 is 0 Å². The maximum Gasteiger partial charge on any atom is 0.416 e. The highest BCUT2D eigenvalue weighted by atomic mass is 19.4. The number of ether oxygens (including phenoxy) is 1. The summed E-state index contributed by atoms with van der Waals surface area (Å²) in [6, 6.07) is 3.44. The molecule has 3 rings (SSSR count). The van der Waals surface area contributed by atoms with E-state index in [2.05, 4.69) is 4.98 Å². The van der Waals surface area contributed by atoms with Gasteiger partial charge in [0.05, 0.1) is 29.5 Å². The molecule has 1 aliphatic heterocycles. The third-order valence-corrected chi connectivity index (χ3v) is 2.64. The molecule has 17 heavy (non-hydrogen) atoms. The van der Waals surface area contributed by atoms with Gasteiger partial charge in [0.2, 0.25) is 0 Å². The Morgan fingerprint density at radius 2 is 2.12 bits per heavy atom. The lowest BCUT2D eigenvalue weighted by Gasteiger charge is -2.20. The van der Waals surface area contributed by atoms with Crippen molar-refractivity contribution in [3.63, 3.8) is 0 Å². The maximum atomic E-state index is 12.5. The summed E-state index contributed by atoms with van der Waals surface area (Å²) in [4.78, 5) is 3.93. The standard InChI is InChI=1S/C11H7F3N2O/c12-11(13,14)7-1-2-9-10(3-7)17-5-8-4-15-6-16(8)9/h1-4,6H,5H2. The second kappa shape index (κ2) is 3.26. The summed E-state index contributed by atoms with van der Waals surface area (Å²) < 4.78 is 44.6. The molecule has 0 bridgehead atoms. The Balaban J connectivity index is 2.14. The van der Waals surface area contributed by atoms with Gasteiger partial charge in [-0.3, -0.25) is 4.57 Å². The van der Waals surface area contributed by atoms with Crippen LogP contribution in [-0.4, -0.2) is 9.55 Å². The number of nitrogens with zero attached hydrogens (tertiary/aromatic N) is 2. The van der Waals surface area contributed by atoms with E-state index in [4.69, 9.17) is 4.74 Å². The molecule has 88 valence electrons. The first-order valence-corrected chi connectivity index (χ1v) is 4.91. The van der Waals surface area contributed by atoms with Crippen molar-refractivity contribution in [2.45, 2.75) is 12.8 Å². The summed E-state index contributed by atoms with van der Waals surface area (Å²) in [6.45, 7) is 0.230. The third kappa shape index (κ3) is 1.56. The van der Waals surface area contributed by atoms with Crippen LogP contribution in [0.1, 0.15) is 11.3 Å². The van der Waals surface area contributed by atoms with E-state index < -0.39 is 11.7 Å². The van der Waals surface area contributed by atoms with Crippen molar-refractivity contribution in [2.24, 2.45) is 0 Å². The lowest BCUT2D eigenvalue weighted by atomic mass is 10.1. The number of imidazole rings is 1. The van der Waals surface area contributed by atoms with Crippen LogP contribution in [0.15, 0.2) is 30.7 Å². The molecule has 1 aliphatic rings. The van der Waals surface area contributed by atoms with Gasteiger partial charge in [-0.15, -0.1) is 0 Å². The molecule has 6 heteroatoms. The second-order valence-electron chi connectivity index (χ2n) is 3.72. The molecule has 0 fully saturated rings. The molecular formula is C11H7F3N2O. The van der Waals surface area contributed by atoms with E-state index in [1.165, 1.54) is 6.07 Å². The van der Waals surface area contributed by atoms with E-state index in [0.29, 0.717) is 5.69 Å². The predicted molar refractivity (Wildman–Crippen MR) is 52.9 cm³/mol. The van der Waals surface area contributed by atoms with Crippen LogP contribution in [0.3, 0.4) is 0 Å². The molecule has 0 atom stereocenters. The number of halogens is 3. The lowest BCUT2D eigenvalue weighted by molar-refractivity contribution is -0.137. The van der Waals surface area contributed by atoms with Gasteiger partial charge in [-0.1, -0.05) is 0 Å². The molecule has 0 radical (unpaired) electrons. The molecule has 0 amide bonds. The van der Waals surface area contributed by atoms with E-state index in [9.17, 15) is 13.2 Å². The Bertz CT molecular complexity index is 574. The summed E-state index contributed by atoms with van der Waals surface area (Å²) in [7, 11) is 0. The van der Waals surface area contributed by atoms with E-state index >= 15 is 0 Å². The first kappa shape index (κ1) is 10.2. The summed E-state index contributed by atoms with van der Waals surface area (Å²) in [5.74, 6) is 0.227. The highest BCUT2D eigenvalue weighted by molar-refractivity contribution is 5.51. The van der Waals surface area contributed by atoms with Gasteiger partial charge in [-0.2, -0.15) is 13.2 Å². The van der Waals surface area contributed by atoms with Crippen LogP contribution in [0.25, 0.3) is 5.69 Å². The number of fused-ring (bicyclic) bond motifs is 3. The molecule has 2 heterocycles. The quantitative estimate of drug-likeness (QED) is 0.708. The fourth-order valence-electron chi connectivity index (χ4n) is 1.80. The summed E-state index contributed by atoms with van der Waals surface area (Å²) in [6.07, 6.45) is -1.17. The van der Waals surface area contributed by atoms with Crippen molar-refractivity contribution in [2.75, 3.05) is 0 Å². The van der Waals surface area contributed by atoms with Crippen LogP contribution in [0.4, 0.5) is 13.2 Å². The van der Waals surface area contributed by atoms with Crippen LogP contribution in [0.2, 0.25) is 0 Å². The normalized spacial score (nSPS) is 13.8. The fourth-order valence-corrected chi connectivity index (χ4v) is 1.80. The largest absolute Gasteiger partial charge is 0.485 e. The predicted octanol–water partition coefficient (Wildman–Crippen LogP) is 2.78. The van der Waals surface area contributed by atoms with E-state index in [-0.39, 0.29) is 12.4 Å². The first-order valence-electron chi connectivity index (χ1n) is 4.91. The minimum absolute atomic E-state index is 0.227. The number of alkyl halides is 3. The molecule has 1 aromatic heterocycles. The van der Waals surface area contributed by atoms with Gasteiger partial charge in [0.15, 0.2) is 0 Å². The first-order chi connectivity index (χ1) is 8.05. The molecule has 1 aromatic carbocycles. The van der Waals surface area contributed by atoms with Crippen LogP contribution in [0, 0.1) is 0 Å². The number of benzene rings is 1. The molecule has 0 saturated heterocycles. The van der Waals surface area contributed by atoms with Gasteiger partial charge in [0.1, 0.15) is 12.4 Å². The average Bonchev–Trinajstić information content (AvgIpc) is 2.75. The van der Waals surface area contributed by atoms with E-state index in [0.717, 1.165) is 17.8 Å². The average molecular weight is 240 g/mol. The zero-order valence-electron chi connectivity index (χ0n) is 8.53. The lowest BCUT2D eigenvalue weighted by Crippen LogP contribution is -2.13. The Kier molecular flexibility index (Phi) is 1.95. The van der Waals surface area contributed by atoms with Gasteiger partial charge in [0.25, 0.3) is 0 Å². The van der Waals surface area contributed by atoms with E-state index in [1.54, 1.807) is 17.1 Å². The molecule has 3 nitrogen and oxygen atoms in total. The zero-order chi connectivity index (χ0) is 12.0. The highest BCUT2D eigenvalue weighted by Gasteiger charge is 2.32. The van der Waals surface area contributed by atoms with Gasteiger partial charge >= 0.3 is 6.18 Å². The molecule has 0 aliphatic carbocycles. The molecule has 0 saturated carbocycles. The van der Waals surface area contributed by atoms with Gasteiger partial charge < -0.3 is 4.74 Å². The van der Waals surface area contributed by atoms with Gasteiger partial charge in [0, 0.05) is 0 Å². The van der Waals surface area contributed by atoms with Crippen molar-refractivity contribution in [1.29, 1.82) is 0 Å². The number of hydrogen-bond acceptors (Lipinski definition) is 2.